The van der Waals surface area contributed by atoms with Crippen LogP contribution in [0.15, 0.2) is 95.1 Å². The maximum Gasteiger partial charge on any atom is 0.300 e. The molecule has 1 aromatic heterocycles. The lowest BCUT2D eigenvalue weighted by atomic mass is 9.98. The Kier molecular flexibility index (Phi) is 4.40. The third kappa shape index (κ3) is 3.00. The summed E-state index contributed by atoms with van der Waals surface area (Å²) in [6.45, 7) is 0. The van der Waals surface area contributed by atoms with E-state index in [9.17, 15) is 19.1 Å². The molecule has 1 aliphatic heterocycles. The lowest BCUT2D eigenvalue weighted by Crippen LogP contribution is -2.29. The van der Waals surface area contributed by atoms with Crippen molar-refractivity contribution in [2.45, 2.75) is 6.04 Å². The predicted octanol–water partition coefficient (Wildman–Crippen LogP) is 5.20. The van der Waals surface area contributed by atoms with Crippen LogP contribution >= 0.6 is 0 Å². The van der Waals surface area contributed by atoms with Gasteiger partial charge in [0.05, 0.1) is 17.5 Å². The maximum absolute atomic E-state index is 13.4. The number of aliphatic hydroxyl groups is 1. The number of aliphatic hydroxyl groups excluding tert-OH is 1. The first-order valence-electron chi connectivity index (χ1n) is 9.64. The molecule has 0 spiro atoms. The number of amides is 1. The number of ketones is 1. The van der Waals surface area contributed by atoms with Gasteiger partial charge >= 0.3 is 0 Å². The Labute approximate surface area is 176 Å². The molecule has 1 atom stereocenters. The number of rotatable bonds is 3. The summed E-state index contributed by atoms with van der Waals surface area (Å²) in [6.07, 6.45) is 1.44. The van der Waals surface area contributed by atoms with Crippen molar-refractivity contribution in [2.75, 3.05) is 4.90 Å². The van der Waals surface area contributed by atoms with E-state index in [0.29, 0.717) is 11.4 Å². The molecular weight excluding hydrogens is 397 g/mol. The molecule has 1 amide bonds. The van der Waals surface area contributed by atoms with Gasteiger partial charge in [-0.25, -0.2) is 4.39 Å². The second kappa shape index (κ2) is 7.25. The van der Waals surface area contributed by atoms with Crippen molar-refractivity contribution in [3.05, 3.63) is 108 Å². The Balaban J connectivity index is 1.76. The highest BCUT2D eigenvalue weighted by molar-refractivity contribution is 6.52. The fraction of sp³-hybridized carbons (Fsp3) is 0.0400. The van der Waals surface area contributed by atoms with Gasteiger partial charge in [-0.3, -0.25) is 14.5 Å². The molecule has 152 valence electrons. The van der Waals surface area contributed by atoms with Gasteiger partial charge < -0.3 is 9.52 Å². The summed E-state index contributed by atoms with van der Waals surface area (Å²) in [4.78, 5) is 27.6. The van der Waals surface area contributed by atoms with Crippen LogP contribution < -0.4 is 4.90 Å². The monoisotopic (exact) mass is 413 g/mol. The van der Waals surface area contributed by atoms with Crippen LogP contribution in [-0.4, -0.2) is 16.8 Å². The van der Waals surface area contributed by atoms with Gasteiger partial charge in [-0.1, -0.05) is 36.4 Å². The second-order valence-corrected chi connectivity index (χ2v) is 7.19. The number of nitrogens with zero attached hydrogens (tertiary/aromatic N) is 1. The van der Waals surface area contributed by atoms with E-state index in [0.717, 1.165) is 10.8 Å². The van der Waals surface area contributed by atoms with Crippen LogP contribution in [0.4, 0.5) is 10.1 Å². The number of halogens is 1. The Morgan fingerprint density at radius 3 is 2.39 bits per heavy atom. The number of hydrogen-bond donors (Lipinski definition) is 1. The fourth-order valence-electron chi connectivity index (χ4n) is 3.98. The van der Waals surface area contributed by atoms with E-state index in [-0.39, 0.29) is 16.9 Å². The highest BCUT2D eigenvalue weighted by Gasteiger charge is 2.48. The highest BCUT2D eigenvalue weighted by atomic mass is 19.1. The van der Waals surface area contributed by atoms with Gasteiger partial charge in [0, 0.05) is 10.9 Å². The van der Waals surface area contributed by atoms with Crippen LogP contribution in [0, 0.1) is 5.82 Å². The molecule has 2 heterocycles. The summed E-state index contributed by atoms with van der Waals surface area (Å²) < 4.78 is 18.9. The van der Waals surface area contributed by atoms with E-state index in [2.05, 4.69) is 0 Å². The number of carbonyl (C=O) groups excluding carboxylic acids is 2. The zero-order chi connectivity index (χ0) is 21.5. The smallest absolute Gasteiger partial charge is 0.300 e. The van der Waals surface area contributed by atoms with E-state index in [1.165, 1.54) is 35.4 Å². The van der Waals surface area contributed by atoms with Gasteiger partial charge in [-0.15, -0.1) is 0 Å². The van der Waals surface area contributed by atoms with Crippen LogP contribution in [0.1, 0.15) is 17.4 Å². The van der Waals surface area contributed by atoms with E-state index >= 15 is 0 Å². The molecule has 6 heteroatoms. The number of Topliss-reactive ketones (excluding diaryl/α,β-unsaturated/α-hetero) is 1. The van der Waals surface area contributed by atoms with E-state index in [1.54, 1.807) is 24.3 Å². The molecule has 0 aliphatic carbocycles. The Morgan fingerprint density at radius 1 is 0.903 bits per heavy atom. The number of carbonyl (C=O) groups is 2. The van der Waals surface area contributed by atoms with Crippen LogP contribution in [0.2, 0.25) is 0 Å². The molecule has 1 aliphatic rings. The van der Waals surface area contributed by atoms with Crippen molar-refractivity contribution in [3.63, 3.8) is 0 Å². The third-order valence-corrected chi connectivity index (χ3v) is 5.40. The van der Waals surface area contributed by atoms with E-state index in [1.807, 2.05) is 30.3 Å². The minimum Gasteiger partial charge on any atom is -0.507 e. The number of benzene rings is 3. The van der Waals surface area contributed by atoms with Gasteiger partial charge in [0.15, 0.2) is 0 Å². The highest BCUT2D eigenvalue weighted by Crippen LogP contribution is 2.44. The average molecular weight is 413 g/mol. The lowest BCUT2D eigenvalue weighted by molar-refractivity contribution is -0.132. The summed E-state index contributed by atoms with van der Waals surface area (Å²) in [6, 6.07) is 20.4. The topological polar surface area (TPSA) is 70.8 Å². The summed E-state index contributed by atoms with van der Waals surface area (Å²) >= 11 is 0. The zero-order valence-electron chi connectivity index (χ0n) is 16.2. The van der Waals surface area contributed by atoms with Crippen molar-refractivity contribution < 1.29 is 23.5 Å². The van der Waals surface area contributed by atoms with Gasteiger partial charge in [-0.05, 0) is 47.9 Å². The molecule has 4 aromatic rings. The molecule has 1 fully saturated rings. The van der Waals surface area contributed by atoms with Crippen molar-refractivity contribution in [1.29, 1.82) is 0 Å². The van der Waals surface area contributed by atoms with Crippen LogP contribution in [0.5, 0.6) is 0 Å². The minimum absolute atomic E-state index is 0.112. The average Bonchev–Trinajstić information content (AvgIpc) is 3.41. The Bertz CT molecular complexity index is 1330. The first-order chi connectivity index (χ1) is 15.1. The quantitative estimate of drug-likeness (QED) is 0.285. The second-order valence-electron chi connectivity index (χ2n) is 7.19. The van der Waals surface area contributed by atoms with Gasteiger partial charge in [0.2, 0.25) is 0 Å². The largest absolute Gasteiger partial charge is 0.507 e. The van der Waals surface area contributed by atoms with Gasteiger partial charge in [-0.2, -0.15) is 0 Å². The summed E-state index contributed by atoms with van der Waals surface area (Å²) in [5.74, 6) is -2.15. The lowest BCUT2D eigenvalue weighted by Gasteiger charge is -2.24. The molecule has 5 nitrogen and oxygen atoms in total. The van der Waals surface area contributed by atoms with Crippen LogP contribution in [0.25, 0.3) is 16.5 Å². The predicted molar refractivity (Wildman–Crippen MR) is 114 cm³/mol. The number of furan rings is 1. The fourth-order valence-corrected chi connectivity index (χ4v) is 3.98. The SMILES string of the molecule is O=C1C(=O)N(c2cccc3ccccc23)C(c2ccco2)/C1=C(/O)c1ccc(F)cc1. The molecule has 1 saturated heterocycles. The molecule has 1 unspecified atom stereocenters. The van der Waals surface area contributed by atoms with Crippen molar-refractivity contribution in [1.82, 2.24) is 0 Å². The number of anilines is 1. The van der Waals surface area contributed by atoms with Crippen molar-refractivity contribution >= 4 is 33.9 Å². The van der Waals surface area contributed by atoms with Gasteiger partial charge in [0.25, 0.3) is 11.7 Å². The van der Waals surface area contributed by atoms with Crippen LogP contribution in [0.3, 0.4) is 0 Å². The Morgan fingerprint density at radius 2 is 1.65 bits per heavy atom. The summed E-state index contributed by atoms with van der Waals surface area (Å²) in [5.41, 5.74) is 0.646. The Hall–Kier alpha value is -4.19. The normalized spacial score (nSPS) is 18.1. The third-order valence-electron chi connectivity index (χ3n) is 5.40. The molecule has 31 heavy (non-hydrogen) atoms. The molecule has 0 bridgehead atoms. The van der Waals surface area contributed by atoms with Crippen molar-refractivity contribution in [3.8, 4) is 0 Å². The van der Waals surface area contributed by atoms with Crippen LogP contribution in [-0.2, 0) is 9.59 Å². The molecule has 3 aromatic carbocycles. The van der Waals surface area contributed by atoms with E-state index < -0.39 is 23.5 Å². The first-order valence-corrected chi connectivity index (χ1v) is 9.64. The zero-order valence-corrected chi connectivity index (χ0v) is 16.2. The maximum atomic E-state index is 13.4. The molecule has 0 radical (unpaired) electrons. The number of hydrogen-bond acceptors (Lipinski definition) is 4. The standard InChI is InChI=1S/C25H16FNO4/c26-17-12-10-16(11-13-17)23(28)21-22(20-9-4-14-31-20)27(25(30)24(21)29)19-8-3-6-15-5-1-2-7-18(15)19/h1-14,22,28H/b23-21-. The molecule has 0 saturated carbocycles. The summed E-state index contributed by atoms with van der Waals surface area (Å²) in [5, 5.41) is 12.6. The van der Waals surface area contributed by atoms with Gasteiger partial charge in [0.1, 0.15) is 23.4 Å². The number of fused-ring (bicyclic) bond motifs is 1. The molecular formula is C25H16FNO4. The first kappa shape index (κ1) is 18.8. The molecule has 5 rings (SSSR count). The van der Waals surface area contributed by atoms with E-state index in [4.69, 9.17) is 4.42 Å². The minimum atomic E-state index is -0.967. The molecule has 1 N–H and O–H groups in total. The summed E-state index contributed by atoms with van der Waals surface area (Å²) in [7, 11) is 0. The van der Waals surface area contributed by atoms with Crippen molar-refractivity contribution in [2.24, 2.45) is 0 Å².